The van der Waals surface area contributed by atoms with Crippen LogP contribution in [0.4, 0.5) is 11.6 Å². The second-order valence-electron chi connectivity index (χ2n) is 7.17. The van der Waals surface area contributed by atoms with Gasteiger partial charge in [0.25, 0.3) is 0 Å². The first-order chi connectivity index (χ1) is 13.6. The summed E-state index contributed by atoms with van der Waals surface area (Å²) in [5.74, 6) is 0.332. The second-order valence-corrected chi connectivity index (χ2v) is 7.17. The molecule has 1 unspecified atom stereocenters. The molecule has 1 aliphatic heterocycles. The van der Waals surface area contributed by atoms with E-state index in [-0.39, 0.29) is 17.7 Å². The van der Waals surface area contributed by atoms with Crippen LogP contribution in [0.25, 0.3) is 0 Å². The first-order valence-corrected chi connectivity index (χ1v) is 9.52. The fourth-order valence-corrected chi connectivity index (χ4v) is 4.04. The molecule has 2 aliphatic rings. The Morgan fingerprint density at radius 3 is 2.46 bits per heavy atom. The third-order valence-electron chi connectivity index (χ3n) is 5.29. The Morgan fingerprint density at radius 1 is 1.14 bits per heavy atom. The number of nitro groups is 1. The molecule has 1 fully saturated rings. The number of hydrogen-bond acceptors (Lipinski definition) is 7. The van der Waals surface area contributed by atoms with Gasteiger partial charge in [-0.1, -0.05) is 37.5 Å². The summed E-state index contributed by atoms with van der Waals surface area (Å²) in [4.78, 5) is 25.0. The van der Waals surface area contributed by atoms with Gasteiger partial charge in [-0.3, -0.25) is 14.9 Å². The average molecular weight is 382 g/mol. The van der Waals surface area contributed by atoms with E-state index in [2.05, 4.69) is 5.10 Å². The third kappa shape index (κ3) is 3.26. The number of ketones is 1. The summed E-state index contributed by atoms with van der Waals surface area (Å²) in [6.07, 6.45) is 4.72. The van der Waals surface area contributed by atoms with Crippen LogP contribution in [0.15, 0.2) is 52.0 Å². The lowest BCUT2D eigenvalue weighted by Gasteiger charge is -2.37. The van der Waals surface area contributed by atoms with E-state index >= 15 is 0 Å². The van der Waals surface area contributed by atoms with E-state index < -0.39 is 11.1 Å². The van der Waals surface area contributed by atoms with Crippen molar-refractivity contribution in [3.8, 4) is 0 Å². The van der Waals surface area contributed by atoms with Crippen molar-refractivity contribution in [3.63, 3.8) is 0 Å². The van der Waals surface area contributed by atoms with Gasteiger partial charge in [0.2, 0.25) is 0 Å². The largest absolute Gasteiger partial charge is 0.433 e. The van der Waals surface area contributed by atoms with Crippen molar-refractivity contribution >= 4 is 23.2 Å². The quantitative estimate of drug-likeness (QED) is 0.567. The van der Waals surface area contributed by atoms with E-state index in [0.717, 1.165) is 31.4 Å². The van der Waals surface area contributed by atoms with Crippen LogP contribution in [-0.4, -0.2) is 27.5 Å². The smallest absolute Gasteiger partial charge is 0.401 e. The Morgan fingerprint density at radius 2 is 1.86 bits per heavy atom. The van der Waals surface area contributed by atoms with Gasteiger partial charge in [0.15, 0.2) is 23.5 Å². The summed E-state index contributed by atoms with van der Waals surface area (Å²) >= 11 is 0. The molecular formula is C20H22N4O4. The van der Waals surface area contributed by atoms with Crippen molar-refractivity contribution in [1.82, 2.24) is 4.90 Å². The molecule has 1 aliphatic carbocycles. The number of anilines is 1. The van der Waals surface area contributed by atoms with E-state index in [1.54, 1.807) is 11.1 Å². The molecule has 0 N–H and O–H groups in total. The van der Waals surface area contributed by atoms with Crippen molar-refractivity contribution in [3.05, 3.63) is 58.3 Å². The summed E-state index contributed by atoms with van der Waals surface area (Å²) in [7, 11) is 0. The molecule has 1 aromatic heterocycles. The molecule has 1 saturated carbocycles. The number of carbonyl (C=O) groups is 1. The normalized spacial score (nSPS) is 20.3. The van der Waals surface area contributed by atoms with Gasteiger partial charge in [-0.15, -0.1) is 5.10 Å². The Hall–Kier alpha value is -3.16. The summed E-state index contributed by atoms with van der Waals surface area (Å²) in [6.45, 7) is 1.50. The highest BCUT2D eigenvalue weighted by Gasteiger charge is 2.44. The highest BCUT2D eigenvalue weighted by Crippen LogP contribution is 2.41. The molecule has 28 heavy (non-hydrogen) atoms. The molecule has 1 atom stereocenters. The number of para-hydroxylation sites is 1. The topological polar surface area (TPSA) is 92.2 Å². The number of hydrogen-bond donors (Lipinski definition) is 0. The molecule has 2 aromatic rings. The molecule has 8 nitrogen and oxygen atoms in total. The van der Waals surface area contributed by atoms with E-state index in [9.17, 15) is 14.9 Å². The van der Waals surface area contributed by atoms with Crippen LogP contribution in [0.1, 0.15) is 51.0 Å². The monoisotopic (exact) mass is 382 g/mol. The maximum absolute atomic E-state index is 12.4. The first kappa shape index (κ1) is 18.2. The lowest BCUT2D eigenvalue weighted by atomic mass is 9.93. The molecule has 0 saturated heterocycles. The van der Waals surface area contributed by atoms with E-state index in [1.807, 2.05) is 35.2 Å². The summed E-state index contributed by atoms with van der Waals surface area (Å²) in [5, 5.41) is 17.5. The van der Waals surface area contributed by atoms with Crippen LogP contribution in [-0.2, 0) is 4.79 Å². The highest BCUT2D eigenvalue weighted by molar-refractivity contribution is 6.38. The molecule has 1 aromatic carbocycles. The highest BCUT2D eigenvalue weighted by atomic mass is 16.6. The maximum Gasteiger partial charge on any atom is 0.433 e. The standard InChI is InChI=1S/C20H22N4O4/c1-14(25)19-21-23(16-10-6-3-7-11-16)20(17-12-13-18(28-17)24(26)27)22(19)15-8-4-2-5-9-15/h3,6-7,10-13,15,20H,2,4-5,8-9H2,1H3. The Balaban J connectivity index is 1.81. The third-order valence-corrected chi connectivity index (χ3v) is 5.29. The Labute approximate surface area is 162 Å². The predicted octanol–water partition coefficient (Wildman–Crippen LogP) is 4.24. The minimum absolute atomic E-state index is 0.130. The number of Topliss-reactive ketones (excluding diaryl/α,β-unsaturated/α-hetero) is 1. The lowest BCUT2D eigenvalue weighted by molar-refractivity contribution is -0.402. The zero-order chi connectivity index (χ0) is 19.7. The number of carbonyl (C=O) groups excluding carboxylic acids is 1. The molecule has 8 heteroatoms. The Kier molecular flexibility index (Phi) is 4.85. The van der Waals surface area contributed by atoms with Gasteiger partial charge in [-0.05, 0) is 31.0 Å². The van der Waals surface area contributed by atoms with Crippen LogP contribution in [0.5, 0.6) is 0 Å². The summed E-state index contributed by atoms with van der Waals surface area (Å²) in [5.41, 5.74) is 0.795. The number of rotatable bonds is 5. The first-order valence-electron chi connectivity index (χ1n) is 9.52. The van der Waals surface area contributed by atoms with Crippen LogP contribution in [0.2, 0.25) is 0 Å². The van der Waals surface area contributed by atoms with Crippen molar-refractivity contribution in [2.45, 2.75) is 51.2 Å². The van der Waals surface area contributed by atoms with Crippen LogP contribution in [0, 0.1) is 10.1 Å². The van der Waals surface area contributed by atoms with Crippen molar-refractivity contribution in [1.29, 1.82) is 0 Å². The fraction of sp³-hybridized carbons (Fsp3) is 0.400. The van der Waals surface area contributed by atoms with Crippen molar-refractivity contribution in [2.24, 2.45) is 5.10 Å². The van der Waals surface area contributed by atoms with Gasteiger partial charge in [0.1, 0.15) is 4.92 Å². The molecule has 0 bridgehead atoms. The fourth-order valence-electron chi connectivity index (χ4n) is 4.04. The number of hydrazone groups is 1. The van der Waals surface area contributed by atoms with Gasteiger partial charge < -0.3 is 9.32 Å². The summed E-state index contributed by atoms with van der Waals surface area (Å²) in [6, 6.07) is 12.6. The van der Waals surface area contributed by atoms with Crippen LogP contribution < -0.4 is 5.01 Å². The molecule has 0 spiro atoms. The van der Waals surface area contributed by atoms with Crippen molar-refractivity contribution in [2.75, 3.05) is 5.01 Å². The zero-order valence-electron chi connectivity index (χ0n) is 15.7. The van der Waals surface area contributed by atoms with Gasteiger partial charge >= 0.3 is 5.88 Å². The summed E-state index contributed by atoms with van der Waals surface area (Å²) < 4.78 is 5.56. The van der Waals surface area contributed by atoms with E-state index in [0.29, 0.717) is 11.6 Å². The van der Waals surface area contributed by atoms with E-state index in [4.69, 9.17) is 4.42 Å². The van der Waals surface area contributed by atoms with Gasteiger partial charge in [-0.2, -0.15) is 0 Å². The number of furan rings is 1. The SMILES string of the molecule is CC(=O)C1=NN(c2ccccc2)C(c2ccc([N+](=O)[O-])o2)N1C1CCCCC1. The minimum Gasteiger partial charge on any atom is -0.401 e. The lowest BCUT2D eigenvalue weighted by Crippen LogP contribution is -2.45. The van der Waals surface area contributed by atoms with E-state index in [1.165, 1.54) is 19.4 Å². The van der Waals surface area contributed by atoms with Gasteiger partial charge in [-0.25, -0.2) is 5.01 Å². The van der Waals surface area contributed by atoms with Gasteiger partial charge in [0.05, 0.1) is 11.8 Å². The molecular weight excluding hydrogens is 360 g/mol. The second kappa shape index (κ2) is 7.46. The molecule has 2 heterocycles. The average Bonchev–Trinajstić information content (AvgIpc) is 3.34. The maximum atomic E-state index is 12.4. The van der Waals surface area contributed by atoms with Crippen LogP contribution >= 0.6 is 0 Å². The number of benzene rings is 1. The molecule has 0 amide bonds. The van der Waals surface area contributed by atoms with Crippen LogP contribution in [0.3, 0.4) is 0 Å². The number of amidine groups is 1. The van der Waals surface area contributed by atoms with Crippen molar-refractivity contribution < 1.29 is 14.1 Å². The Bertz CT molecular complexity index is 902. The molecule has 0 radical (unpaired) electrons. The van der Waals surface area contributed by atoms with Gasteiger partial charge in [0, 0.05) is 13.0 Å². The molecule has 146 valence electrons. The molecule has 4 rings (SSSR count). The minimum atomic E-state index is -0.553. The number of nitrogens with zero attached hydrogens (tertiary/aromatic N) is 4. The predicted molar refractivity (Wildman–Crippen MR) is 104 cm³/mol. The zero-order valence-corrected chi connectivity index (χ0v) is 15.7.